The zero-order valence-corrected chi connectivity index (χ0v) is 15.8. The highest BCUT2D eigenvalue weighted by atomic mass is 35.5. The van der Waals surface area contributed by atoms with E-state index >= 15 is 0 Å². The fraction of sp³-hybridized carbons (Fsp3) is 0.333. The minimum atomic E-state index is -4.82. The first-order valence-corrected chi connectivity index (χ1v) is 9.33. The molecule has 0 bridgehead atoms. The summed E-state index contributed by atoms with van der Waals surface area (Å²) in [7, 11) is -2.89. The number of sulfonamides is 1. The van der Waals surface area contributed by atoms with Gasteiger partial charge >= 0.3 is 6.18 Å². The lowest BCUT2D eigenvalue weighted by Crippen LogP contribution is -2.24. The average Bonchev–Trinajstić information content (AvgIpc) is 2.50. The Morgan fingerprint density at radius 1 is 1.22 bits per heavy atom. The summed E-state index contributed by atoms with van der Waals surface area (Å²) in [6.45, 7) is 2.79. The molecule has 1 N–H and O–H groups in total. The van der Waals surface area contributed by atoms with Crippen LogP contribution in [0.4, 0.5) is 23.2 Å². The van der Waals surface area contributed by atoms with Crippen molar-refractivity contribution in [1.82, 2.24) is 9.78 Å². The van der Waals surface area contributed by atoms with Crippen LogP contribution in [0.1, 0.15) is 19.5 Å². The van der Waals surface area contributed by atoms with Crippen LogP contribution in [0.25, 0.3) is 11.3 Å². The molecule has 0 fully saturated rings. The predicted octanol–water partition coefficient (Wildman–Crippen LogP) is 3.41. The Morgan fingerprint density at radius 3 is 2.33 bits per heavy atom. The quantitative estimate of drug-likeness (QED) is 0.758. The third-order valence-corrected chi connectivity index (χ3v) is 5.63. The smallest absolute Gasteiger partial charge is 0.287 e. The molecule has 6 nitrogen and oxygen atoms in total. The Balaban J connectivity index is 2.65. The van der Waals surface area contributed by atoms with Crippen LogP contribution in [0, 0.1) is 5.82 Å². The lowest BCUT2D eigenvalue weighted by Gasteiger charge is -2.15. The molecule has 0 atom stereocenters. The lowest BCUT2D eigenvalue weighted by atomic mass is 10.1. The van der Waals surface area contributed by atoms with E-state index in [1.807, 2.05) is 0 Å². The van der Waals surface area contributed by atoms with E-state index < -0.39 is 49.6 Å². The van der Waals surface area contributed by atoms with Crippen molar-refractivity contribution in [1.29, 1.82) is 0 Å². The number of aromatic nitrogens is 2. The summed E-state index contributed by atoms with van der Waals surface area (Å²) in [5.41, 5.74) is -3.84. The van der Waals surface area contributed by atoms with Gasteiger partial charge in [-0.05, 0) is 26.0 Å². The second-order valence-electron chi connectivity index (χ2n) is 5.87. The van der Waals surface area contributed by atoms with E-state index in [0.29, 0.717) is 4.68 Å². The minimum Gasteiger partial charge on any atom is -0.287 e. The molecule has 27 heavy (non-hydrogen) atoms. The number of rotatable bonds is 4. The van der Waals surface area contributed by atoms with Gasteiger partial charge in [0.05, 0.1) is 16.0 Å². The van der Waals surface area contributed by atoms with Crippen LogP contribution >= 0.6 is 11.6 Å². The van der Waals surface area contributed by atoms with E-state index in [1.165, 1.54) is 13.8 Å². The Bertz CT molecular complexity index is 1050. The van der Waals surface area contributed by atoms with Gasteiger partial charge in [0.15, 0.2) is 0 Å². The number of nitrogens with zero attached hydrogens (tertiary/aromatic N) is 2. The zero-order valence-electron chi connectivity index (χ0n) is 14.2. The van der Waals surface area contributed by atoms with E-state index in [2.05, 4.69) is 9.82 Å². The van der Waals surface area contributed by atoms with Crippen molar-refractivity contribution < 1.29 is 26.0 Å². The van der Waals surface area contributed by atoms with Crippen molar-refractivity contribution in [2.45, 2.75) is 25.3 Å². The van der Waals surface area contributed by atoms with Gasteiger partial charge in [0, 0.05) is 18.7 Å². The van der Waals surface area contributed by atoms with E-state index in [1.54, 1.807) is 0 Å². The van der Waals surface area contributed by atoms with Crippen molar-refractivity contribution in [2.75, 3.05) is 4.72 Å². The standard InChI is InChI=1S/C15H14ClF4N3O3S/c1-7(2)27(25,26)22-11-4-8(10(17)5-9(11)16)14-12(24)6-13(15(18,19)20)23(3)21-14/h4-7,22H,1-3H3. The van der Waals surface area contributed by atoms with Crippen molar-refractivity contribution in [3.05, 3.63) is 45.0 Å². The van der Waals surface area contributed by atoms with Crippen LogP contribution in [0.5, 0.6) is 0 Å². The summed E-state index contributed by atoms with van der Waals surface area (Å²) >= 11 is 5.84. The molecule has 148 valence electrons. The summed E-state index contributed by atoms with van der Waals surface area (Å²) in [6.07, 6.45) is -4.82. The predicted molar refractivity (Wildman–Crippen MR) is 92.6 cm³/mol. The maximum absolute atomic E-state index is 14.3. The number of nitrogens with one attached hydrogen (secondary N) is 1. The van der Waals surface area contributed by atoms with Crippen molar-refractivity contribution >= 4 is 27.3 Å². The molecule has 0 unspecified atom stereocenters. The topological polar surface area (TPSA) is 81.1 Å². The van der Waals surface area contributed by atoms with Crippen LogP contribution in [0.2, 0.25) is 5.02 Å². The molecule has 0 aliphatic heterocycles. The van der Waals surface area contributed by atoms with Crippen LogP contribution < -0.4 is 10.2 Å². The van der Waals surface area contributed by atoms with E-state index in [0.717, 1.165) is 19.2 Å². The first-order chi connectivity index (χ1) is 12.2. The van der Waals surface area contributed by atoms with Gasteiger partial charge in [0.2, 0.25) is 15.5 Å². The molecule has 0 spiro atoms. The first-order valence-electron chi connectivity index (χ1n) is 7.40. The monoisotopic (exact) mass is 427 g/mol. The molecule has 2 rings (SSSR count). The lowest BCUT2D eigenvalue weighted by molar-refractivity contribution is -0.144. The molecule has 2 aromatic rings. The summed E-state index contributed by atoms with van der Waals surface area (Å²) in [5, 5.41) is 2.37. The molecular formula is C15H14ClF4N3O3S. The molecular weight excluding hydrogens is 414 g/mol. The molecule has 0 saturated heterocycles. The van der Waals surface area contributed by atoms with Gasteiger partial charge in [-0.2, -0.15) is 18.3 Å². The largest absolute Gasteiger partial charge is 0.433 e. The van der Waals surface area contributed by atoms with Crippen molar-refractivity contribution in [3.63, 3.8) is 0 Å². The third-order valence-electron chi connectivity index (χ3n) is 3.57. The molecule has 1 aromatic heterocycles. The number of anilines is 1. The summed E-state index contributed by atoms with van der Waals surface area (Å²) in [4.78, 5) is 12.1. The van der Waals surface area contributed by atoms with E-state index in [4.69, 9.17) is 11.6 Å². The maximum Gasteiger partial charge on any atom is 0.433 e. The van der Waals surface area contributed by atoms with Gasteiger partial charge < -0.3 is 0 Å². The number of hydrogen-bond acceptors (Lipinski definition) is 4. The molecule has 0 amide bonds. The highest BCUT2D eigenvalue weighted by molar-refractivity contribution is 7.93. The SMILES string of the molecule is CC(C)S(=O)(=O)Nc1cc(-c2nn(C)c(C(F)(F)F)cc2=O)c(F)cc1Cl. The summed E-state index contributed by atoms with van der Waals surface area (Å²) in [5.74, 6) is -1.04. The number of aryl methyl sites for hydroxylation is 1. The fourth-order valence-corrected chi connectivity index (χ4v) is 3.04. The number of alkyl halides is 3. The van der Waals surface area contributed by atoms with Crippen LogP contribution in [0.15, 0.2) is 23.0 Å². The van der Waals surface area contributed by atoms with Crippen LogP contribution in [-0.2, 0) is 23.2 Å². The van der Waals surface area contributed by atoms with E-state index in [9.17, 15) is 30.8 Å². The number of halogens is 5. The van der Waals surface area contributed by atoms with Crippen molar-refractivity contribution in [2.24, 2.45) is 7.05 Å². The Labute approximate surface area is 156 Å². The van der Waals surface area contributed by atoms with Gasteiger partial charge in [-0.15, -0.1) is 0 Å². The van der Waals surface area contributed by atoms with Gasteiger partial charge in [0.25, 0.3) is 0 Å². The maximum atomic E-state index is 14.3. The molecule has 0 aliphatic carbocycles. The number of benzene rings is 1. The second-order valence-corrected chi connectivity index (χ2v) is 8.52. The molecule has 1 aromatic carbocycles. The van der Waals surface area contributed by atoms with Crippen LogP contribution in [0.3, 0.4) is 0 Å². The minimum absolute atomic E-state index is 0.231. The summed E-state index contributed by atoms with van der Waals surface area (Å²) < 4.78 is 79.4. The Hall–Kier alpha value is -2.14. The Kier molecular flexibility index (Phi) is 5.58. The van der Waals surface area contributed by atoms with Gasteiger partial charge in [0.1, 0.15) is 17.2 Å². The van der Waals surface area contributed by atoms with Crippen LogP contribution in [-0.4, -0.2) is 23.4 Å². The molecule has 0 saturated carbocycles. The normalized spacial score (nSPS) is 12.5. The molecule has 0 aliphatic rings. The summed E-state index contributed by atoms with van der Waals surface area (Å²) in [6, 6.07) is 1.94. The Morgan fingerprint density at radius 2 is 1.81 bits per heavy atom. The molecule has 12 heteroatoms. The second kappa shape index (κ2) is 7.12. The van der Waals surface area contributed by atoms with Crippen molar-refractivity contribution in [3.8, 4) is 11.3 Å². The van der Waals surface area contributed by atoms with Gasteiger partial charge in [-0.25, -0.2) is 12.8 Å². The van der Waals surface area contributed by atoms with E-state index in [-0.39, 0.29) is 16.8 Å². The zero-order chi connectivity index (χ0) is 20.7. The fourth-order valence-electron chi connectivity index (χ4n) is 2.07. The highest BCUT2D eigenvalue weighted by Crippen LogP contribution is 2.32. The number of hydrogen-bond donors (Lipinski definition) is 1. The molecule has 0 radical (unpaired) electrons. The highest BCUT2D eigenvalue weighted by Gasteiger charge is 2.35. The molecule has 1 heterocycles. The average molecular weight is 428 g/mol. The third kappa shape index (κ3) is 4.41. The first kappa shape index (κ1) is 21.2. The van der Waals surface area contributed by atoms with Gasteiger partial charge in [-0.1, -0.05) is 11.6 Å². The van der Waals surface area contributed by atoms with Gasteiger partial charge in [-0.3, -0.25) is 14.2 Å².